The van der Waals surface area contributed by atoms with Crippen LogP contribution in [0.5, 0.6) is 0 Å². The van der Waals surface area contributed by atoms with Gasteiger partial charge in [-0.2, -0.15) is 0 Å². The van der Waals surface area contributed by atoms with Gasteiger partial charge in [-0.1, -0.05) is 65.5 Å². The lowest BCUT2D eigenvalue weighted by Gasteiger charge is -2.58. The van der Waals surface area contributed by atoms with Crippen LogP contribution in [0, 0.1) is 46.3 Å². The van der Waals surface area contributed by atoms with Gasteiger partial charge in [0, 0.05) is 0 Å². The summed E-state index contributed by atoms with van der Waals surface area (Å²) >= 11 is 0. The maximum atomic E-state index is 9.20. The van der Waals surface area contributed by atoms with E-state index in [-0.39, 0.29) is 6.10 Å². The minimum absolute atomic E-state index is 0.0299. The molecule has 4 aliphatic carbocycles. The average Bonchev–Trinajstić information content (AvgIpc) is 3.04. The molecule has 0 bridgehead atoms. The fraction of sp³-hybridized carbons (Fsp3) is 0.926. The van der Waals surface area contributed by atoms with Crippen molar-refractivity contribution in [2.75, 3.05) is 0 Å². The minimum Gasteiger partial charge on any atom is -0.252 e. The highest BCUT2D eigenvalue weighted by Crippen LogP contribution is 2.67. The molecule has 4 rings (SSSR count). The highest BCUT2D eigenvalue weighted by molar-refractivity contribution is 5.25. The molecule has 3 fully saturated rings. The second-order valence-electron chi connectivity index (χ2n) is 12.3. The van der Waals surface area contributed by atoms with Gasteiger partial charge in [-0.15, -0.1) is 0 Å². The lowest BCUT2D eigenvalue weighted by atomic mass is 9.47. The third-order valence-electron chi connectivity index (χ3n) is 10.4. The van der Waals surface area contributed by atoms with Gasteiger partial charge >= 0.3 is 0 Å². The van der Waals surface area contributed by atoms with Gasteiger partial charge in [0.2, 0.25) is 0 Å². The Morgan fingerprint density at radius 1 is 1.03 bits per heavy atom. The summed E-state index contributed by atoms with van der Waals surface area (Å²) in [6.45, 7) is 12.5. The molecule has 4 aliphatic rings. The molecule has 166 valence electrons. The molecule has 8 unspecified atom stereocenters. The highest BCUT2D eigenvalue weighted by atomic mass is 17.1. The number of hydrogen-bond donors (Lipinski definition) is 1. The summed E-state index contributed by atoms with van der Waals surface area (Å²) in [5.41, 5.74) is 2.54. The average molecular weight is 403 g/mol. The van der Waals surface area contributed by atoms with E-state index in [1.165, 1.54) is 57.8 Å². The number of rotatable bonds is 6. The quantitative estimate of drug-likeness (QED) is 0.278. The summed E-state index contributed by atoms with van der Waals surface area (Å²) in [6, 6.07) is 0. The van der Waals surface area contributed by atoms with Crippen molar-refractivity contribution < 1.29 is 10.1 Å². The summed E-state index contributed by atoms with van der Waals surface area (Å²) in [4.78, 5) is 4.75. The molecule has 0 aromatic rings. The number of hydrogen-bond acceptors (Lipinski definition) is 2. The first-order chi connectivity index (χ1) is 13.8. The summed E-state index contributed by atoms with van der Waals surface area (Å²) in [7, 11) is 0. The van der Waals surface area contributed by atoms with Crippen molar-refractivity contribution in [1.29, 1.82) is 0 Å². The summed E-state index contributed by atoms with van der Waals surface area (Å²) in [6.07, 6.45) is 17.1. The third-order valence-corrected chi connectivity index (χ3v) is 10.4. The van der Waals surface area contributed by atoms with Crippen LogP contribution in [0.2, 0.25) is 0 Å². The first kappa shape index (κ1) is 21.9. The van der Waals surface area contributed by atoms with E-state index >= 15 is 0 Å². The predicted molar refractivity (Wildman–Crippen MR) is 121 cm³/mol. The lowest BCUT2D eigenvalue weighted by molar-refractivity contribution is -0.284. The van der Waals surface area contributed by atoms with Crippen molar-refractivity contribution in [2.24, 2.45) is 46.3 Å². The smallest absolute Gasteiger partial charge is 0.0964 e. The van der Waals surface area contributed by atoms with E-state index in [1.807, 2.05) is 0 Å². The van der Waals surface area contributed by atoms with Crippen LogP contribution >= 0.6 is 0 Å². The molecule has 2 nitrogen and oxygen atoms in total. The maximum absolute atomic E-state index is 9.20. The van der Waals surface area contributed by atoms with E-state index in [1.54, 1.807) is 5.57 Å². The van der Waals surface area contributed by atoms with E-state index in [0.717, 1.165) is 48.3 Å². The van der Waals surface area contributed by atoms with Gasteiger partial charge < -0.3 is 0 Å². The van der Waals surface area contributed by atoms with Crippen LogP contribution in [0.25, 0.3) is 0 Å². The monoisotopic (exact) mass is 402 g/mol. The zero-order valence-corrected chi connectivity index (χ0v) is 19.8. The topological polar surface area (TPSA) is 29.5 Å². The second kappa shape index (κ2) is 8.30. The zero-order chi connectivity index (χ0) is 20.8. The van der Waals surface area contributed by atoms with Crippen molar-refractivity contribution in [3.8, 4) is 0 Å². The van der Waals surface area contributed by atoms with Gasteiger partial charge in [-0.25, -0.2) is 4.89 Å². The lowest BCUT2D eigenvalue weighted by Crippen LogP contribution is -2.51. The van der Waals surface area contributed by atoms with Crippen molar-refractivity contribution in [2.45, 2.75) is 111 Å². The minimum atomic E-state index is 0.0299. The van der Waals surface area contributed by atoms with Crippen molar-refractivity contribution >= 4 is 0 Å². The Hall–Kier alpha value is -0.340. The van der Waals surface area contributed by atoms with Gasteiger partial charge in [0.25, 0.3) is 0 Å². The fourth-order valence-corrected chi connectivity index (χ4v) is 8.74. The van der Waals surface area contributed by atoms with Crippen molar-refractivity contribution in [1.82, 2.24) is 0 Å². The van der Waals surface area contributed by atoms with E-state index in [9.17, 15) is 5.26 Å². The van der Waals surface area contributed by atoms with Crippen molar-refractivity contribution in [3.05, 3.63) is 11.6 Å². The zero-order valence-electron chi connectivity index (χ0n) is 19.8. The van der Waals surface area contributed by atoms with E-state index in [0.29, 0.717) is 10.8 Å². The Morgan fingerprint density at radius 3 is 2.55 bits per heavy atom. The molecule has 0 aromatic heterocycles. The molecule has 29 heavy (non-hydrogen) atoms. The number of fused-ring (bicyclic) bond motifs is 5. The molecular weight excluding hydrogens is 356 g/mol. The SMILES string of the molecule is CC(C)CCCC(C)C1CCC2C3CC=C4CC(OO)CCC4(C)C3CCC12C. The number of allylic oxidation sites excluding steroid dienone is 1. The van der Waals surface area contributed by atoms with Crippen LogP contribution < -0.4 is 0 Å². The maximum Gasteiger partial charge on any atom is 0.0964 e. The van der Waals surface area contributed by atoms with Gasteiger partial charge in [0.1, 0.15) is 0 Å². The Kier molecular flexibility index (Phi) is 6.26. The molecule has 0 aliphatic heterocycles. The van der Waals surface area contributed by atoms with E-state index < -0.39 is 0 Å². The molecule has 0 amide bonds. The van der Waals surface area contributed by atoms with Gasteiger partial charge in [-0.05, 0) is 97.7 Å². The first-order valence-corrected chi connectivity index (χ1v) is 12.8. The molecule has 0 heterocycles. The molecule has 0 radical (unpaired) electrons. The van der Waals surface area contributed by atoms with Gasteiger partial charge in [0.15, 0.2) is 0 Å². The second-order valence-corrected chi connectivity index (χ2v) is 12.3. The Bertz CT molecular complexity index is 610. The van der Waals surface area contributed by atoms with Gasteiger partial charge in [0.05, 0.1) is 6.10 Å². The van der Waals surface area contributed by atoms with Crippen LogP contribution in [-0.2, 0) is 4.89 Å². The van der Waals surface area contributed by atoms with Crippen LogP contribution in [0.1, 0.15) is 105 Å². The largest absolute Gasteiger partial charge is 0.252 e. The Balaban J connectivity index is 1.48. The van der Waals surface area contributed by atoms with Crippen LogP contribution in [0.3, 0.4) is 0 Å². The van der Waals surface area contributed by atoms with Gasteiger partial charge in [-0.3, -0.25) is 5.26 Å². The third kappa shape index (κ3) is 3.75. The molecule has 8 atom stereocenters. The highest BCUT2D eigenvalue weighted by Gasteiger charge is 2.59. The summed E-state index contributed by atoms with van der Waals surface area (Å²) in [5.74, 6) is 5.36. The Labute approximate surface area is 179 Å². The molecule has 0 spiro atoms. The summed E-state index contributed by atoms with van der Waals surface area (Å²) < 4.78 is 0. The molecule has 1 N–H and O–H groups in total. The van der Waals surface area contributed by atoms with Crippen LogP contribution in [0.4, 0.5) is 0 Å². The molecule has 0 aromatic carbocycles. The van der Waals surface area contributed by atoms with Crippen LogP contribution in [-0.4, -0.2) is 11.4 Å². The molecule has 0 saturated heterocycles. The van der Waals surface area contributed by atoms with E-state index in [2.05, 4.69) is 40.7 Å². The predicted octanol–water partition coefficient (Wildman–Crippen LogP) is 7.89. The van der Waals surface area contributed by atoms with Crippen molar-refractivity contribution in [3.63, 3.8) is 0 Å². The first-order valence-electron chi connectivity index (χ1n) is 12.8. The normalized spacial score (nSPS) is 45.3. The molecule has 3 saturated carbocycles. The molecule has 2 heteroatoms. The van der Waals surface area contributed by atoms with Crippen LogP contribution in [0.15, 0.2) is 11.6 Å². The Morgan fingerprint density at radius 2 is 1.83 bits per heavy atom. The summed E-state index contributed by atoms with van der Waals surface area (Å²) in [5, 5.41) is 9.20. The standard InChI is InChI=1S/C27H46O2/c1-18(2)7-6-8-19(3)23-11-12-24-22-10-9-20-17-21(29-28)13-15-26(20,4)25(22)14-16-27(23,24)5/h9,18-19,21-25,28H,6-8,10-17H2,1-5H3. The molecular formula is C27H46O2. The van der Waals surface area contributed by atoms with E-state index in [4.69, 9.17) is 4.89 Å². The fourth-order valence-electron chi connectivity index (χ4n) is 8.74.